The first-order valence-electron chi connectivity index (χ1n) is 13.8. The summed E-state index contributed by atoms with van der Waals surface area (Å²) >= 11 is 0. The van der Waals surface area contributed by atoms with E-state index in [4.69, 9.17) is 4.74 Å². The molecule has 3 aromatic carbocycles. The lowest BCUT2D eigenvalue weighted by Gasteiger charge is -2.09. The third-order valence-electron chi connectivity index (χ3n) is 6.82. The molecule has 11 heteroatoms. The first-order chi connectivity index (χ1) is 21.1. The number of rotatable bonds is 10. The van der Waals surface area contributed by atoms with Crippen molar-refractivity contribution in [3.63, 3.8) is 0 Å². The van der Waals surface area contributed by atoms with Crippen molar-refractivity contribution in [2.24, 2.45) is 12.0 Å². The lowest BCUT2D eigenvalue weighted by molar-refractivity contribution is -0.145. The van der Waals surface area contributed by atoms with Crippen molar-refractivity contribution < 1.29 is 24.2 Å². The Kier molecular flexibility index (Phi) is 8.68. The maximum atomic E-state index is 13.4. The molecule has 5 rings (SSSR count). The number of nitrogens with zero attached hydrogens (tertiary/aromatic N) is 4. The van der Waals surface area contributed by atoms with E-state index in [1.54, 1.807) is 92.9 Å². The van der Waals surface area contributed by atoms with Crippen LogP contribution in [0.4, 0.5) is 11.4 Å². The number of anilines is 1. The zero-order valence-electron chi connectivity index (χ0n) is 24.8. The quantitative estimate of drug-likeness (QED) is 0.121. The zero-order valence-corrected chi connectivity index (χ0v) is 24.8. The number of H-pyrrole nitrogens is 1. The molecule has 0 saturated carbocycles. The van der Waals surface area contributed by atoms with Crippen LogP contribution in [0.15, 0.2) is 77.8 Å². The first-order valence-corrected chi connectivity index (χ1v) is 13.8. The van der Waals surface area contributed by atoms with Crippen LogP contribution in [0.3, 0.4) is 0 Å². The van der Waals surface area contributed by atoms with Gasteiger partial charge in [0.2, 0.25) is 0 Å². The predicted molar refractivity (Wildman–Crippen MR) is 168 cm³/mol. The third kappa shape index (κ3) is 6.90. The second kappa shape index (κ2) is 12.8. The highest BCUT2D eigenvalue weighted by molar-refractivity contribution is 6.13. The molecule has 1 amide bonds. The molecular weight excluding hydrogens is 560 g/mol. The van der Waals surface area contributed by atoms with Gasteiger partial charge in [-0.15, -0.1) is 0 Å². The lowest BCUT2D eigenvalue weighted by atomic mass is 10.0. The van der Waals surface area contributed by atoms with Crippen LogP contribution in [0.5, 0.6) is 5.88 Å². The number of aromatic nitrogens is 3. The third-order valence-corrected chi connectivity index (χ3v) is 6.82. The number of amides is 1. The van der Waals surface area contributed by atoms with Crippen molar-refractivity contribution in [1.29, 1.82) is 0 Å². The van der Waals surface area contributed by atoms with Crippen LogP contribution in [0.1, 0.15) is 43.2 Å². The topological polar surface area (TPSA) is 142 Å². The smallest absolute Gasteiger partial charge is 0.320 e. The largest absolute Gasteiger partial charge is 0.494 e. The molecule has 0 unspecified atom stereocenters. The number of likely N-dealkylation sites (N-methyl/N-ethyl adjacent to an activating group) is 1. The van der Waals surface area contributed by atoms with Gasteiger partial charge in [-0.1, -0.05) is 36.4 Å². The normalized spacial score (nSPS) is 11.4. The van der Waals surface area contributed by atoms with Crippen molar-refractivity contribution in [3.05, 3.63) is 106 Å². The number of hydrogen-bond donors (Lipinski definition) is 3. The molecular formula is C33H32N6O5. The summed E-state index contributed by atoms with van der Waals surface area (Å²) < 4.78 is 6.76. The number of nitrogens with one attached hydrogen (secondary N) is 2. The van der Waals surface area contributed by atoms with Crippen LogP contribution in [-0.2, 0) is 23.2 Å². The van der Waals surface area contributed by atoms with Gasteiger partial charge in [0.15, 0.2) is 11.7 Å². The number of hydrogen-bond acceptors (Lipinski definition) is 8. The van der Waals surface area contributed by atoms with Gasteiger partial charge >= 0.3 is 5.97 Å². The fraction of sp³-hybridized carbons (Fsp3) is 0.182. The molecule has 5 aromatic rings. The number of ether oxygens (including phenoxy) is 1. The van der Waals surface area contributed by atoms with Gasteiger partial charge in [0.25, 0.3) is 5.91 Å². The highest BCUT2D eigenvalue weighted by Gasteiger charge is 2.16. The number of ketones is 1. The number of aromatic amines is 1. The Morgan fingerprint density at radius 1 is 1.05 bits per heavy atom. The van der Waals surface area contributed by atoms with E-state index in [2.05, 4.69) is 20.4 Å². The number of fused-ring (bicyclic) bond motifs is 1. The minimum absolute atomic E-state index is 0.0760. The fourth-order valence-corrected chi connectivity index (χ4v) is 4.69. The van der Waals surface area contributed by atoms with Crippen molar-refractivity contribution in [2.75, 3.05) is 26.0 Å². The summed E-state index contributed by atoms with van der Waals surface area (Å²) in [5.41, 5.74) is 4.97. The second-order valence-corrected chi connectivity index (χ2v) is 10.6. The number of carbonyl (C=O) groups excluding carboxylic acids is 3. The Hall–Kier alpha value is -5.55. The summed E-state index contributed by atoms with van der Waals surface area (Å²) in [5, 5.41) is 18.3. The molecule has 11 nitrogen and oxygen atoms in total. The van der Waals surface area contributed by atoms with Gasteiger partial charge in [0.05, 0.1) is 23.5 Å². The van der Waals surface area contributed by atoms with Gasteiger partial charge in [-0.3, -0.25) is 29.0 Å². The number of aliphatic imine (C=N–C) groups is 1. The second-order valence-electron chi connectivity index (χ2n) is 10.6. The highest BCUT2D eigenvalue weighted by atomic mass is 16.5. The van der Waals surface area contributed by atoms with Gasteiger partial charge in [-0.25, -0.2) is 0 Å². The molecule has 2 heterocycles. The summed E-state index contributed by atoms with van der Waals surface area (Å²) in [6.07, 6.45) is 1.55. The molecule has 0 bridgehead atoms. The van der Waals surface area contributed by atoms with Crippen LogP contribution in [0, 0.1) is 6.92 Å². The molecule has 2 aromatic heterocycles. The van der Waals surface area contributed by atoms with Crippen molar-refractivity contribution in [3.8, 4) is 5.88 Å². The molecule has 224 valence electrons. The Labute approximate surface area is 253 Å². The Morgan fingerprint density at radius 3 is 2.50 bits per heavy atom. The standard InChI is InChI=1S/C33H32N6O5/c1-20-14-29(39(4)37-20)33(43)35-25-7-5-6-22(15-25)31(41)23-10-13-26-27(32(42)36-28(26)16-23)17-34-24-11-8-21(9-12-24)19-44-30(40)18-38(2)3/h5-17,36,42H,18-19H2,1-4H3,(H,35,43). The van der Waals surface area contributed by atoms with Crippen molar-refractivity contribution in [2.45, 2.75) is 13.5 Å². The number of aryl methyl sites for hydroxylation is 2. The highest BCUT2D eigenvalue weighted by Crippen LogP contribution is 2.28. The maximum absolute atomic E-state index is 13.4. The van der Waals surface area contributed by atoms with E-state index in [-0.39, 0.29) is 36.7 Å². The first kappa shape index (κ1) is 29.9. The number of aromatic hydroxyl groups is 1. The number of carbonyl (C=O) groups is 3. The molecule has 44 heavy (non-hydrogen) atoms. The number of esters is 1. The van der Waals surface area contributed by atoms with Crippen LogP contribution >= 0.6 is 0 Å². The van der Waals surface area contributed by atoms with E-state index in [1.165, 1.54) is 4.68 Å². The number of benzene rings is 3. The van der Waals surface area contributed by atoms with Gasteiger partial charge in [-0.05, 0) is 63.0 Å². The molecule has 0 radical (unpaired) electrons. The Balaban J connectivity index is 1.28. The van der Waals surface area contributed by atoms with Crippen LogP contribution in [0.25, 0.3) is 10.9 Å². The predicted octanol–water partition coefficient (Wildman–Crippen LogP) is 4.75. The van der Waals surface area contributed by atoms with Crippen LogP contribution in [-0.4, -0.2) is 69.3 Å². The Morgan fingerprint density at radius 2 is 1.80 bits per heavy atom. The van der Waals surface area contributed by atoms with E-state index < -0.39 is 0 Å². The lowest BCUT2D eigenvalue weighted by Crippen LogP contribution is -2.23. The molecule has 0 aliphatic heterocycles. The summed E-state index contributed by atoms with van der Waals surface area (Å²) in [6.45, 7) is 2.19. The van der Waals surface area contributed by atoms with E-state index in [1.807, 2.05) is 19.1 Å². The Bertz CT molecular complexity index is 1880. The van der Waals surface area contributed by atoms with E-state index >= 15 is 0 Å². The zero-order chi connectivity index (χ0) is 31.4. The minimum Gasteiger partial charge on any atom is -0.494 e. The average Bonchev–Trinajstić information content (AvgIpc) is 3.50. The summed E-state index contributed by atoms with van der Waals surface area (Å²) in [6, 6.07) is 20.8. The molecule has 0 fully saturated rings. The van der Waals surface area contributed by atoms with Crippen molar-refractivity contribution in [1.82, 2.24) is 19.7 Å². The summed E-state index contributed by atoms with van der Waals surface area (Å²) in [4.78, 5) is 46.9. The minimum atomic E-state index is -0.327. The molecule has 0 aliphatic rings. The summed E-state index contributed by atoms with van der Waals surface area (Å²) in [5.74, 6) is -0.943. The van der Waals surface area contributed by atoms with Gasteiger partial charge in [-0.2, -0.15) is 5.10 Å². The SMILES string of the molecule is Cc1cc(C(=O)Nc2cccc(C(=O)c3ccc4c(C=Nc5ccc(COC(=O)CN(C)C)cc5)c(O)[nH]c4c3)c2)n(C)n1. The molecule has 0 atom stereocenters. The molecule has 0 saturated heterocycles. The average molecular weight is 593 g/mol. The molecule has 0 spiro atoms. The molecule has 0 aliphatic carbocycles. The van der Waals surface area contributed by atoms with Crippen LogP contribution < -0.4 is 5.32 Å². The van der Waals surface area contributed by atoms with Gasteiger partial charge < -0.3 is 20.1 Å². The summed E-state index contributed by atoms with van der Waals surface area (Å²) in [7, 11) is 5.29. The van der Waals surface area contributed by atoms with Gasteiger partial charge in [0.1, 0.15) is 12.3 Å². The van der Waals surface area contributed by atoms with Gasteiger partial charge in [0, 0.05) is 41.0 Å². The molecule has 3 N–H and O–H groups in total. The maximum Gasteiger partial charge on any atom is 0.320 e. The van der Waals surface area contributed by atoms with E-state index in [0.29, 0.717) is 44.7 Å². The fourth-order valence-electron chi connectivity index (χ4n) is 4.69. The van der Waals surface area contributed by atoms with E-state index in [0.717, 1.165) is 11.3 Å². The van der Waals surface area contributed by atoms with E-state index in [9.17, 15) is 19.5 Å². The van der Waals surface area contributed by atoms with Crippen molar-refractivity contribution >= 4 is 46.2 Å². The monoisotopic (exact) mass is 592 g/mol. The van der Waals surface area contributed by atoms with Crippen LogP contribution in [0.2, 0.25) is 0 Å².